The van der Waals surface area contributed by atoms with Crippen LogP contribution in [0, 0.1) is 5.82 Å². The monoisotopic (exact) mass is 296 g/mol. The van der Waals surface area contributed by atoms with Gasteiger partial charge in [-0.2, -0.15) is 0 Å². The molecule has 98 valence electrons. The SMILES string of the molecule is O=C(O)Cc1ccc(Sc2ccc(Cl)cc2)c(F)c1. The number of hydrogen-bond acceptors (Lipinski definition) is 2. The summed E-state index contributed by atoms with van der Waals surface area (Å²) in [5.74, 6) is -1.39. The van der Waals surface area contributed by atoms with E-state index in [-0.39, 0.29) is 6.42 Å². The lowest BCUT2D eigenvalue weighted by molar-refractivity contribution is -0.136. The molecule has 0 fully saturated rings. The van der Waals surface area contributed by atoms with E-state index in [1.807, 2.05) is 0 Å². The maximum Gasteiger partial charge on any atom is 0.307 e. The van der Waals surface area contributed by atoms with E-state index in [1.165, 1.54) is 17.8 Å². The average Bonchev–Trinajstić information content (AvgIpc) is 2.34. The molecule has 19 heavy (non-hydrogen) atoms. The third-order valence-electron chi connectivity index (χ3n) is 2.39. The first-order valence-electron chi connectivity index (χ1n) is 5.48. The number of carboxylic acids is 1. The quantitative estimate of drug-likeness (QED) is 0.916. The third-order valence-corrected chi connectivity index (χ3v) is 3.70. The summed E-state index contributed by atoms with van der Waals surface area (Å²) >= 11 is 7.05. The maximum absolute atomic E-state index is 13.8. The molecule has 2 aromatic carbocycles. The van der Waals surface area contributed by atoms with Crippen molar-refractivity contribution in [2.75, 3.05) is 0 Å². The molecule has 2 rings (SSSR count). The van der Waals surface area contributed by atoms with E-state index < -0.39 is 11.8 Å². The summed E-state index contributed by atoms with van der Waals surface area (Å²) in [6.45, 7) is 0. The van der Waals surface area contributed by atoms with Gasteiger partial charge in [0.1, 0.15) is 5.82 Å². The molecule has 0 aliphatic rings. The van der Waals surface area contributed by atoms with Gasteiger partial charge in [0, 0.05) is 14.8 Å². The van der Waals surface area contributed by atoms with Crippen molar-refractivity contribution in [3.05, 3.63) is 58.9 Å². The summed E-state index contributed by atoms with van der Waals surface area (Å²) in [7, 11) is 0. The predicted molar refractivity (Wildman–Crippen MR) is 73.3 cm³/mol. The number of halogens is 2. The fourth-order valence-corrected chi connectivity index (χ4v) is 2.49. The molecular formula is C14H10ClFO2S. The topological polar surface area (TPSA) is 37.3 Å². The van der Waals surface area contributed by atoms with Crippen LogP contribution in [-0.4, -0.2) is 11.1 Å². The minimum absolute atomic E-state index is 0.178. The molecule has 0 spiro atoms. The van der Waals surface area contributed by atoms with Crippen molar-refractivity contribution in [3.8, 4) is 0 Å². The number of hydrogen-bond donors (Lipinski definition) is 1. The van der Waals surface area contributed by atoms with Gasteiger partial charge in [-0.05, 0) is 42.0 Å². The van der Waals surface area contributed by atoms with Gasteiger partial charge < -0.3 is 5.11 Å². The lowest BCUT2D eigenvalue weighted by atomic mass is 10.1. The lowest BCUT2D eigenvalue weighted by Crippen LogP contribution is -2.00. The van der Waals surface area contributed by atoms with Crippen molar-refractivity contribution in [3.63, 3.8) is 0 Å². The first kappa shape index (κ1) is 13.9. The van der Waals surface area contributed by atoms with Gasteiger partial charge in [-0.15, -0.1) is 0 Å². The highest BCUT2D eigenvalue weighted by Crippen LogP contribution is 2.31. The van der Waals surface area contributed by atoms with Crippen LogP contribution in [0.5, 0.6) is 0 Å². The smallest absolute Gasteiger partial charge is 0.307 e. The van der Waals surface area contributed by atoms with E-state index in [0.717, 1.165) is 4.90 Å². The zero-order chi connectivity index (χ0) is 13.8. The van der Waals surface area contributed by atoms with Crippen LogP contribution in [0.1, 0.15) is 5.56 Å². The first-order valence-corrected chi connectivity index (χ1v) is 6.67. The van der Waals surface area contributed by atoms with Crippen LogP contribution in [0.4, 0.5) is 4.39 Å². The number of carboxylic acid groups (broad SMARTS) is 1. The van der Waals surface area contributed by atoms with Crippen LogP contribution in [0.25, 0.3) is 0 Å². The van der Waals surface area contributed by atoms with Crippen molar-refractivity contribution in [1.29, 1.82) is 0 Å². The summed E-state index contributed by atoms with van der Waals surface area (Å²) in [5, 5.41) is 9.27. The Morgan fingerprint density at radius 3 is 2.47 bits per heavy atom. The molecule has 0 aliphatic carbocycles. The molecule has 5 heteroatoms. The molecule has 0 saturated heterocycles. The number of aliphatic carboxylic acids is 1. The lowest BCUT2D eigenvalue weighted by Gasteiger charge is -2.05. The first-order chi connectivity index (χ1) is 9.04. The highest BCUT2D eigenvalue weighted by Gasteiger charge is 2.07. The second-order valence-corrected chi connectivity index (χ2v) is 5.44. The molecule has 0 heterocycles. The second-order valence-electron chi connectivity index (χ2n) is 3.89. The van der Waals surface area contributed by atoms with Crippen LogP contribution in [0.2, 0.25) is 5.02 Å². The summed E-state index contributed by atoms with van der Waals surface area (Å²) in [6.07, 6.45) is -0.178. The van der Waals surface area contributed by atoms with E-state index in [2.05, 4.69) is 0 Å². The molecule has 0 amide bonds. The summed E-state index contributed by atoms with van der Waals surface area (Å²) < 4.78 is 13.8. The van der Waals surface area contributed by atoms with Crippen molar-refractivity contribution in [2.24, 2.45) is 0 Å². The number of carbonyl (C=O) groups is 1. The Kier molecular flexibility index (Phi) is 4.45. The minimum Gasteiger partial charge on any atom is -0.481 e. The molecule has 2 aromatic rings. The van der Waals surface area contributed by atoms with E-state index in [1.54, 1.807) is 36.4 Å². The van der Waals surface area contributed by atoms with Gasteiger partial charge in [0.25, 0.3) is 0 Å². The Morgan fingerprint density at radius 1 is 1.21 bits per heavy atom. The highest BCUT2D eigenvalue weighted by atomic mass is 35.5. The Bertz CT molecular complexity index is 599. The van der Waals surface area contributed by atoms with Crippen LogP contribution < -0.4 is 0 Å². The van der Waals surface area contributed by atoms with E-state index >= 15 is 0 Å². The van der Waals surface area contributed by atoms with Crippen LogP contribution >= 0.6 is 23.4 Å². The summed E-state index contributed by atoms with van der Waals surface area (Å²) in [4.78, 5) is 11.9. The van der Waals surface area contributed by atoms with Gasteiger partial charge in [-0.25, -0.2) is 4.39 Å². The molecule has 0 saturated carbocycles. The van der Waals surface area contributed by atoms with Crippen LogP contribution in [0.15, 0.2) is 52.3 Å². The van der Waals surface area contributed by atoms with Crippen LogP contribution in [-0.2, 0) is 11.2 Å². The fourth-order valence-electron chi connectivity index (χ4n) is 1.54. The fraction of sp³-hybridized carbons (Fsp3) is 0.0714. The van der Waals surface area contributed by atoms with Crippen molar-refractivity contribution in [2.45, 2.75) is 16.2 Å². The normalized spacial score (nSPS) is 10.4. The molecule has 0 bridgehead atoms. The molecule has 2 nitrogen and oxygen atoms in total. The number of benzene rings is 2. The van der Waals surface area contributed by atoms with E-state index in [0.29, 0.717) is 15.5 Å². The molecule has 0 radical (unpaired) electrons. The maximum atomic E-state index is 13.8. The molecule has 0 aliphatic heterocycles. The second kappa shape index (κ2) is 6.08. The Labute approximate surface area is 119 Å². The zero-order valence-electron chi connectivity index (χ0n) is 9.77. The third kappa shape index (κ3) is 3.98. The van der Waals surface area contributed by atoms with Gasteiger partial charge in [0.05, 0.1) is 6.42 Å². The van der Waals surface area contributed by atoms with Crippen molar-refractivity contribution in [1.82, 2.24) is 0 Å². The zero-order valence-corrected chi connectivity index (χ0v) is 11.3. The summed E-state index contributed by atoms with van der Waals surface area (Å²) in [6, 6.07) is 11.5. The standard InChI is InChI=1S/C14H10ClFO2S/c15-10-2-4-11(5-3-10)19-13-6-1-9(7-12(13)16)8-14(17)18/h1-7H,8H2,(H,17,18). The van der Waals surface area contributed by atoms with E-state index in [4.69, 9.17) is 16.7 Å². The van der Waals surface area contributed by atoms with Gasteiger partial charge in [0.2, 0.25) is 0 Å². The highest BCUT2D eigenvalue weighted by molar-refractivity contribution is 7.99. The summed E-state index contributed by atoms with van der Waals surface area (Å²) in [5.41, 5.74) is 0.449. The molecule has 1 N–H and O–H groups in total. The average molecular weight is 297 g/mol. The Hall–Kier alpha value is -1.52. The van der Waals surface area contributed by atoms with Crippen molar-refractivity contribution < 1.29 is 14.3 Å². The van der Waals surface area contributed by atoms with Gasteiger partial charge in [-0.3, -0.25) is 4.79 Å². The van der Waals surface area contributed by atoms with Gasteiger partial charge in [-0.1, -0.05) is 29.4 Å². The van der Waals surface area contributed by atoms with Crippen molar-refractivity contribution >= 4 is 29.3 Å². The van der Waals surface area contributed by atoms with E-state index in [9.17, 15) is 9.18 Å². The van der Waals surface area contributed by atoms with Crippen LogP contribution in [0.3, 0.4) is 0 Å². The molecule has 0 aromatic heterocycles. The number of rotatable bonds is 4. The molecule has 0 atom stereocenters. The van der Waals surface area contributed by atoms with Gasteiger partial charge in [0.15, 0.2) is 0 Å². The predicted octanol–water partition coefficient (Wildman–Crippen LogP) is 4.26. The Balaban J connectivity index is 2.17. The molecule has 0 unspecified atom stereocenters. The Morgan fingerprint density at radius 2 is 1.89 bits per heavy atom. The minimum atomic E-state index is -0.975. The largest absolute Gasteiger partial charge is 0.481 e. The van der Waals surface area contributed by atoms with Gasteiger partial charge >= 0.3 is 5.97 Å². The molecular weight excluding hydrogens is 287 g/mol.